The number of imide groups is 1. The van der Waals surface area contributed by atoms with Crippen LogP contribution >= 0.6 is 11.8 Å². The van der Waals surface area contributed by atoms with Crippen molar-refractivity contribution in [2.45, 2.75) is 65.2 Å². The third kappa shape index (κ3) is 4.49. The van der Waals surface area contributed by atoms with E-state index in [0.29, 0.717) is 16.2 Å². The van der Waals surface area contributed by atoms with Gasteiger partial charge in [-0.2, -0.15) is 0 Å². The second-order valence-corrected chi connectivity index (χ2v) is 11.2. The summed E-state index contributed by atoms with van der Waals surface area (Å²) in [7, 11) is 0. The fourth-order valence-electron chi connectivity index (χ4n) is 4.68. The molecule has 6 heteroatoms. The van der Waals surface area contributed by atoms with E-state index in [9.17, 15) is 14.4 Å². The smallest absolute Gasteiger partial charge is 0.308 e. The number of amides is 2. The summed E-state index contributed by atoms with van der Waals surface area (Å²) in [6, 6.07) is 10.1. The largest absolute Gasteiger partial charge is 0.426 e. The highest BCUT2D eigenvalue weighted by molar-refractivity contribution is 8.18. The maximum atomic E-state index is 11.9. The Kier molecular flexibility index (Phi) is 5.77. The van der Waals surface area contributed by atoms with E-state index >= 15 is 0 Å². The summed E-state index contributed by atoms with van der Waals surface area (Å²) in [5.41, 5.74) is 6.53. The van der Waals surface area contributed by atoms with Gasteiger partial charge in [0, 0.05) is 12.5 Å². The van der Waals surface area contributed by atoms with E-state index in [1.54, 1.807) is 12.1 Å². The Morgan fingerprint density at radius 3 is 2.21 bits per heavy atom. The van der Waals surface area contributed by atoms with Crippen LogP contribution < -0.4 is 10.1 Å². The lowest BCUT2D eigenvalue weighted by Gasteiger charge is -2.42. The Morgan fingerprint density at radius 1 is 1.00 bits per heavy atom. The molecule has 33 heavy (non-hydrogen) atoms. The first-order valence-electron chi connectivity index (χ1n) is 11.1. The van der Waals surface area contributed by atoms with Crippen LogP contribution in [0.1, 0.15) is 69.7 Å². The number of hydrogen-bond acceptors (Lipinski definition) is 5. The molecule has 0 unspecified atom stereocenters. The molecule has 172 valence electrons. The van der Waals surface area contributed by atoms with Gasteiger partial charge in [-0.25, -0.2) is 0 Å². The zero-order chi connectivity index (χ0) is 24.1. The molecule has 0 spiro atoms. The molecule has 1 fully saturated rings. The first-order chi connectivity index (χ1) is 15.4. The average Bonchev–Trinajstić information content (AvgIpc) is 3.02. The quantitative estimate of drug-likeness (QED) is 0.330. The fourth-order valence-corrected chi connectivity index (χ4v) is 5.36. The molecule has 2 aliphatic rings. The highest BCUT2D eigenvalue weighted by Crippen LogP contribution is 2.48. The molecule has 1 N–H and O–H groups in total. The average molecular weight is 464 g/mol. The Labute approximate surface area is 199 Å². The predicted molar refractivity (Wildman–Crippen MR) is 132 cm³/mol. The Balaban J connectivity index is 1.85. The normalized spacial score (nSPS) is 19.9. The topological polar surface area (TPSA) is 72.5 Å². The van der Waals surface area contributed by atoms with Crippen molar-refractivity contribution in [1.29, 1.82) is 0 Å². The Morgan fingerprint density at radius 2 is 1.64 bits per heavy atom. The van der Waals surface area contributed by atoms with E-state index in [0.717, 1.165) is 41.3 Å². The molecule has 0 bridgehead atoms. The molecule has 1 heterocycles. The van der Waals surface area contributed by atoms with Gasteiger partial charge in [0.25, 0.3) is 11.1 Å². The zero-order valence-corrected chi connectivity index (χ0v) is 20.7. The number of esters is 1. The lowest BCUT2D eigenvalue weighted by molar-refractivity contribution is -0.131. The van der Waals surface area contributed by atoms with E-state index in [4.69, 9.17) is 4.74 Å². The number of benzene rings is 2. The molecule has 0 aromatic heterocycles. The van der Waals surface area contributed by atoms with Crippen molar-refractivity contribution in [3.63, 3.8) is 0 Å². The van der Waals surface area contributed by atoms with Crippen LogP contribution in [0.15, 0.2) is 35.2 Å². The maximum Gasteiger partial charge on any atom is 0.308 e. The molecular formula is C27H29NO4S. The SMILES string of the molecule is CC(=O)Oc1cc(C=C2SC(=O)NC2=O)ccc1-c1cc2c(cc1C)C(C)(C)CCC2(C)C. The van der Waals surface area contributed by atoms with Crippen LogP contribution in [-0.2, 0) is 20.4 Å². The van der Waals surface area contributed by atoms with Crippen molar-refractivity contribution >= 4 is 35.0 Å². The molecule has 0 saturated carbocycles. The van der Waals surface area contributed by atoms with E-state index < -0.39 is 17.1 Å². The molecule has 2 aromatic rings. The molecule has 1 aliphatic heterocycles. The maximum absolute atomic E-state index is 11.9. The lowest BCUT2D eigenvalue weighted by atomic mass is 9.62. The van der Waals surface area contributed by atoms with Crippen LogP contribution in [0.5, 0.6) is 5.75 Å². The summed E-state index contributed by atoms with van der Waals surface area (Å²) in [6.07, 6.45) is 3.88. The zero-order valence-electron chi connectivity index (χ0n) is 19.9. The Hall–Kier alpha value is -2.86. The van der Waals surface area contributed by atoms with E-state index in [1.807, 2.05) is 12.1 Å². The van der Waals surface area contributed by atoms with Gasteiger partial charge < -0.3 is 4.74 Å². The van der Waals surface area contributed by atoms with E-state index in [2.05, 4.69) is 52.1 Å². The van der Waals surface area contributed by atoms with Gasteiger partial charge in [-0.15, -0.1) is 0 Å². The van der Waals surface area contributed by atoms with E-state index in [1.165, 1.54) is 18.1 Å². The number of thioether (sulfide) groups is 1. The predicted octanol–water partition coefficient (Wildman–Crippen LogP) is 6.26. The van der Waals surface area contributed by atoms with Gasteiger partial charge in [-0.1, -0.05) is 45.9 Å². The summed E-state index contributed by atoms with van der Waals surface area (Å²) in [5.74, 6) is -0.401. The molecule has 4 rings (SSSR count). The van der Waals surface area contributed by atoms with Crippen molar-refractivity contribution in [3.8, 4) is 16.9 Å². The van der Waals surface area contributed by atoms with Gasteiger partial charge >= 0.3 is 5.97 Å². The molecule has 0 radical (unpaired) electrons. The van der Waals surface area contributed by atoms with Crippen molar-refractivity contribution in [2.75, 3.05) is 0 Å². The van der Waals surface area contributed by atoms with Crippen molar-refractivity contribution in [3.05, 3.63) is 57.5 Å². The third-order valence-electron chi connectivity index (χ3n) is 6.69. The number of ether oxygens (including phenoxy) is 1. The molecule has 5 nitrogen and oxygen atoms in total. The lowest BCUT2D eigenvalue weighted by Crippen LogP contribution is -2.34. The fraction of sp³-hybridized carbons (Fsp3) is 0.370. The highest BCUT2D eigenvalue weighted by Gasteiger charge is 2.37. The number of aryl methyl sites for hydroxylation is 1. The van der Waals surface area contributed by atoms with Crippen LogP contribution in [-0.4, -0.2) is 17.1 Å². The number of fused-ring (bicyclic) bond motifs is 1. The van der Waals surface area contributed by atoms with Crippen LogP contribution in [0, 0.1) is 6.92 Å². The summed E-state index contributed by atoms with van der Waals surface area (Å²) >= 11 is 0.860. The minimum Gasteiger partial charge on any atom is -0.426 e. The molecule has 1 aliphatic carbocycles. The number of carbonyl (C=O) groups is 3. The number of carbonyl (C=O) groups excluding carboxylic acids is 3. The van der Waals surface area contributed by atoms with Crippen LogP contribution in [0.4, 0.5) is 4.79 Å². The minimum absolute atomic E-state index is 0.0544. The highest BCUT2D eigenvalue weighted by atomic mass is 32.2. The molecule has 1 saturated heterocycles. The summed E-state index contributed by atoms with van der Waals surface area (Å²) in [5, 5.41) is 1.86. The Bertz CT molecular complexity index is 1220. The molecular weight excluding hydrogens is 434 g/mol. The van der Waals surface area contributed by atoms with Gasteiger partial charge in [-0.05, 0) is 88.4 Å². The molecule has 0 atom stereocenters. The second-order valence-electron chi connectivity index (χ2n) is 10.2. The van der Waals surface area contributed by atoms with Gasteiger partial charge in [0.2, 0.25) is 0 Å². The summed E-state index contributed by atoms with van der Waals surface area (Å²) < 4.78 is 5.60. The van der Waals surface area contributed by atoms with E-state index in [-0.39, 0.29) is 10.8 Å². The van der Waals surface area contributed by atoms with Gasteiger partial charge in [0.1, 0.15) is 5.75 Å². The van der Waals surface area contributed by atoms with Gasteiger partial charge in [-0.3, -0.25) is 19.7 Å². The number of hydrogen-bond donors (Lipinski definition) is 1. The van der Waals surface area contributed by atoms with Crippen LogP contribution in [0.25, 0.3) is 17.2 Å². The second kappa shape index (κ2) is 8.17. The molecule has 2 amide bonds. The number of nitrogens with one attached hydrogen (secondary N) is 1. The monoisotopic (exact) mass is 463 g/mol. The third-order valence-corrected chi connectivity index (χ3v) is 7.50. The van der Waals surface area contributed by atoms with Gasteiger partial charge in [0.15, 0.2) is 0 Å². The van der Waals surface area contributed by atoms with Crippen molar-refractivity contribution in [1.82, 2.24) is 5.32 Å². The van der Waals surface area contributed by atoms with Crippen LogP contribution in [0.2, 0.25) is 0 Å². The van der Waals surface area contributed by atoms with Crippen molar-refractivity contribution < 1.29 is 19.1 Å². The van der Waals surface area contributed by atoms with Crippen molar-refractivity contribution in [2.24, 2.45) is 0 Å². The summed E-state index contributed by atoms with van der Waals surface area (Å²) in [4.78, 5) is 35.6. The first kappa shape index (κ1) is 23.3. The summed E-state index contributed by atoms with van der Waals surface area (Å²) in [6.45, 7) is 12.6. The number of rotatable bonds is 3. The minimum atomic E-state index is -0.418. The van der Waals surface area contributed by atoms with Gasteiger partial charge in [0.05, 0.1) is 4.91 Å². The molecule has 2 aromatic carbocycles. The first-order valence-corrected chi connectivity index (χ1v) is 11.9. The van der Waals surface area contributed by atoms with Crippen LogP contribution in [0.3, 0.4) is 0 Å². The standard InChI is InChI=1S/C27H29NO4S/c1-15-11-20-21(27(5,6)10-9-26(20,3)4)14-19(15)18-8-7-17(12-22(18)32-16(2)29)13-23-24(30)28-25(31)33-23/h7-8,11-14H,9-10H2,1-6H3,(H,28,30,31).